The van der Waals surface area contributed by atoms with Gasteiger partial charge in [-0.05, 0) is 6.42 Å². The molecule has 0 aromatic rings. The second-order valence-electron chi connectivity index (χ2n) is 2.38. The highest BCUT2D eigenvalue weighted by molar-refractivity contribution is 14.1. The Morgan fingerprint density at radius 3 is 2.82 bits per heavy atom. The summed E-state index contributed by atoms with van der Waals surface area (Å²) in [5, 5.41) is 11.2. The lowest BCUT2D eigenvalue weighted by Crippen LogP contribution is -2.28. The quantitative estimate of drug-likeness (QED) is 0.438. The zero-order valence-corrected chi connectivity index (χ0v) is 8.80. The topological polar surface area (TPSA) is 49.3 Å². The average Bonchev–Trinajstić information content (AvgIpc) is 1.97. The van der Waals surface area contributed by atoms with Gasteiger partial charge in [0.25, 0.3) is 0 Å². The third kappa shape index (κ3) is 8.06. The van der Waals surface area contributed by atoms with Crippen LogP contribution in [-0.2, 0) is 4.79 Å². The van der Waals surface area contributed by atoms with E-state index in [2.05, 4.69) is 34.8 Å². The normalized spacial score (nSPS) is 12.9. The first-order valence-electron chi connectivity index (χ1n) is 3.76. The Balaban J connectivity index is 3.22. The molecular weight excluding hydrogens is 257 g/mol. The molecule has 0 aromatic heterocycles. The predicted molar refractivity (Wildman–Crippen MR) is 53.0 cm³/mol. The van der Waals surface area contributed by atoms with Gasteiger partial charge in [0.1, 0.15) is 0 Å². The Morgan fingerprint density at radius 1 is 1.73 bits per heavy atom. The van der Waals surface area contributed by atoms with Crippen LogP contribution in [0.1, 0.15) is 26.2 Å². The Morgan fingerprint density at radius 2 is 2.36 bits per heavy atom. The Hall–Kier alpha value is 0.160. The maximum absolute atomic E-state index is 10.1. The molecule has 3 nitrogen and oxygen atoms in total. The number of carboxylic acid groups (broad SMARTS) is 1. The fourth-order valence-electron chi connectivity index (χ4n) is 0.683. The molecule has 66 valence electrons. The molecule has 0 saturated heterocycles. The fraction of sp³-hybridized carbons (Fsp3) is 0.857. The minimum Gasteiger partial charge on any atom is -0.480 e. The number of hydrogen-bond donors (Lipinski definition) is 2. The molecule has 0 aliphatic heterocycles. The van der Waals surface area contributed by atoms with Crippen molar-refractivity contribution in [2.24, 2.45) is 0 Å². The predicted octanol–water partition coefficient (Wildman–Crippen LogP) is 1.61. The van der Waals surface area contributed by atoms with Crippen LogP contribution in [0, 0.1) is 0 Å². The number of aliphatic carboxylic acids is 1. The SMILES string of the molecule is CCCCC(I)NCC(=O)O. The lowest BCUT2D eigenvalue weighted by Gasteiger charge is -2.08. The van der Waals surface area contributed by atoms with Crippen LogP contribution in [0.4, 0.5) is 0 Å². The number of carboxylic acids is 1. The van der Waals surface area contributed by atoms with Crippen molar-refractivity contribution in [3.8, 4) is 0 Å². The number of unbranched alkanes of at least 4 members (excludes halogenated alkanes) is 1. The van der Waals surface area contributed by atoms with Gasteiger partial charge in [-0.3, -0.25) is 10.1 Å². The first-order chi connectivity index (χ1) is 5.16. The maximum atomic E-state index is 10.1. The third-order valence-electron chi connectivity index (χ3n) is 1.29. The lowest BCUT2D eigenvalue weighted by atomic mass is 10.2. The second kappa shape index (κ2) is 6.84. The van der Waals surface area contributed by atoms with Crippen molar-refractivity contribution in [2.45, 2.75) is 30.2 Å². The van der Waals surface area contributed by atoms with Gasteiger partial charge in [-0.15, -0.1) is 0 Å². The minimum absolute atomic E-state index is 0.0668. The van der Waals surface area contributed by atoms with Gasteiger partial charge in [0.15, 0.2) is 0 Å². The van der Waals surface area contributed by atoms with Crippen LogP contribution in [0.15, 0.2) is 0 Å². The molecule has 0 spiro atoms. The number of carbonyl (C=O) groups is 1. The first-order valence-corrected chi connectivity index (χ1v) is 5.00. The van der Waals surface area contributed by atoms with Crippen LogP contribution < -0.4 is 5.32 Å². The lowest BCUT2D eigenvalue weighted by molar-refractivity contribution is -0.135. The summed E-state index contributed by atoms with van der Waals surface area (Å²) in [5.41, 5.74) is 0. The Labute approximate surface area is 80.7 Å². The average molecular weight is 271 g/mol. The van der Waals surface area contributed by atoms with Crippen molar-refractivity contribution in [3.63, 3.8) is 0 Å². The second-order valence-corrected chi connectivity index (χ2v) is 3.89. The summed E-state index contributed by atoms with van der Waals surface area (Å²) in [5.74, 6) is -0.789. The first kappa shape index (κ1) is 11.2. The van der Waals surface area contributed by atoms with Gasteiger partial charge in [-0.2, -0.15) is 0 Å². The molecular formula is C7H14INO2. The van der Waals surface area contributed by atoms with Crippen molar-refractivity contribution in [1.82, 2.24) is 5.32 Å². The highest BCUT2D eigenvalue weighted by Gasteiger charge is 2.03. The van der Waals surface area contributed by atoms with E-state index >= 15 is 0 Å². The zero-order valence-electron chi connectivity index (χ0n) is 6.64. The molecule has 0 amide bonds. The summed E-state index contributed by atoms with van der Waals surface area (Å²) in [6.45, 7) is 2.19. The van der Waals surface area contributed by atoms with Gasteiger partial charge in [0.2, 0.25) is 0 Å². The van der Waals surface area contributed by atoms with E-state index in [1.54, 1.807) is 0 Å². The molecule has 0 fully saturated rings. The highest BCUT2D eigenvalue weighted by Crippen LogP contribution is 2.06. The molecule has 0 heterocycles. The summed E-state index contributed by atoms with van der Waals surface area (Å²) in [6, 6.07) is 0. The van der Waals surface area contributed by atoms with Gasteiger partial charge in [-0.25, -0.2) is 0 Å². The van der Waals surface area contributed by atoms with Crippen LogP contribution >= 0.6 is 22.6 Å². The molecule has 1 unspecified atom stereocenters. The van der Waals surface area contributed by atoms with E-state index < -0.39 is 5.97 Å². The third-order valence-corrected chi connectivity index (χ3v) is 2.35. The number of rotatable bonds is 6. The van der Waals surface area contributed by atoms with E-state index in [1.165, 1.54) is 0 Å². The largest absolute Gasteiger partial charge is 0.480 e. The summed E-state index contributed by atoms with van der Waals surface area (Å²) >= 11 is 2.22. The van der Waals surface area contributed by atoms with Crippen LogP contribution in [0.2, 0.25) is 0 Å². The minimum atomic E-state index is -0.789. The van der Waals surface area contributed by atoms with Gasteiger partial charge < -0.3 is 5.11 Å². The number of nitrogens with one attached hydrogen (secondary N) is 1. The number of hydrogen-bond acceptors (Lipinski definition) is 2. The Kier molecular flexibility index (Phi) is 6.94. The fourth-order valence-corrected chi connectivity index (χ4v) is 1.34. The van der Waals surface area contributed by atoms with E-state index in [4.69, 9.17) is 5.11 Å². The van der Waals surface area contributed by atoms with Crippen molar-refractivity contribution < 1.29 is 9.90 Å². The van der Waals surface area contributed by atoms with Crippen molar-refractivity contribution in [3.05, 3.63) is 0 Å². The smallest absolute Gasteiger partial charge is 0.317 e. The molecule has 0 aliphatic rings. The van der Waals surface area contributed by atoms with Crippen molar-refractivity contribution in [2.75, 3.05) is 6.54 Å². The summed E-state index contributed by atoms with van der Waals surface area (Å²) < 4.78 is 0.295. The molecule has 0 saturated carbocycles. The Bertz CT molecular complexity index is 119. The van der Waals surface area contributed by atoms with Gasteiger partial charge in [0.05, 0.1) is 10.6 Å². The zero-order chi connectivity index (χ0) is 8.69. The summed E-state index contributed by atoms with van der Waals surface area (Å²) in [4.78, 5) is 10.1. The highest BCUT2D eigenvalue weighted by atomic mass is 127. The standard InChI is InChI=1S/C7H14INO2/c1-2-3-4-6(8)9-5-7(10)11/h6,9H,2-5H2,1H3,(H,10,11). The molecule has 0 aromatic carbocycles. The molecule has 0 rings (SSSR count). The van der Waals surface area contributed by atoms with Crippen LogP contribution in [0.3, 0.4) is 0 Å². The van der Waals surface area contributed by atoms with Gasteiger partial charge in [-0.1, -0.05) is 42.4 Å². The molecule has 1 atom stereocenters. The van der Waals surface area contributed by atoms with E-state index in [9.17, 15) is 4.79 Å². The maximum Gasteiger partial charge on any atom is 0.317 e. The van der Waals surface area contributed by atoms with Crippen molar-refractivity contribution in [1.29, 1.82) is 0 Å². The monoisotopic (exact) mass is 271 g/mol. The molecule has 0 radical (unpaired) electrons. The van der Waals surface area contributed by atoms with Crippen molar-refractivity contribution >= 4 is 28.6 Å². The van der Waals surface area contributed by atoms with E-state index in [0.29, 0.717) is 4.05 Å². The van der Waals surface area contributed by atoms with Gasteiger partial charge >= 0.3 is 5.97 Å². The van der Waals surface area contributed by atoms with Crippen LogP contribution in [0.25, 0.3) is 0 Å². The van der Waals surface area contributed by atoms with Gasteiger partial charge in [0, 0.05) is 0 Å². The molecule has 2 N–H and O–H groups in total. The van der Waals surface area contributed by atoms with E-state index in [1.807, 2.05) is 0 Å². The molecule has 11 heavy (non-hydrogen) atoms. The molecule has 4 heteroatoms. The number of alkyl halides is 1. The molecule has 0 aliphatic carbocycles. The van der Waals surface area contributed by atoms with E-state index in [-0.39, 0.29) is 6.54 Å². The van der Waals surface area contributed by atoms with Crippen LogP contribution in [-0.4, -0.2) is 21.7 Å². The van der Waals surface area contributed by atoms with Crippen LogP contribution in [0.5, 0.6) is 0 Å². The van der Waals surface area contributed by atoms with E-state index in [0.717, 1.165) is 19.3 Å². The summed E-state index contributed by atoms with van der Waals surface area (Å²) in [7, 11) is 0. The number of halogens is 1. The summed E-state index contributed by atoms with van der Waals surface area (Å²) in [6.07, 6.45) is 3.36. The molecule has 0 bridgehead atoms.